The average molecular weight is 176 g/mol. The Morgan fingerprint density at radius 2 is 1.92 bits per heavy atom. The summed E-state index contributed by atoms with van der Waals surface area (Å²) in [6.07, 6.45) is 0.987. The highest BCUT2D eigenvalue weighted by Crippen LogP contribution is 2.18. The number of hydrogen-bond donors (Lipinski definition) is 2. The van der Waals surface area contributed by atoms with Crippen LogP contribution in [0.4, 0.5) is 0 Å². The summed E-state index contributed by atoms with van der Waals surface area (Å²) in [4.78, 5) is 0. The molecule has 1 rings (SSSR count). The van der Waals surface area contributed by atoms with Crippen LogP contribution < -0.4 is 0 Å². The normalized spacial score (nSPS) is 35.2. The summed E-state index contributed by atoms with van der Waals surface area (Å²) in [5.41, 5.74) is 0. The number of aliphatic hydroxyl groups is 2. The van der Waals surface area contributed by atoms with E-state index in [9.17, 15) is 5.11 Å². The molecule has 74 valence electrons. The van der Waals surface area contributed by atoms with E-state index >= 15 is 0 Å². The van der Waals surface area contributed by atoms with Crippen LogP contribution in [-0.4, -0.2) is 35.1 Å². The molecular formula is C9H20O3. The minimum Gasteiger partial charge on any atom is -0.394 e. The second-order valence-corrected chi connectivity index (χ2v) is 2.79. The molecule has 0 spiro atoms. The van der Waals surface area contributed by atoms with Crippen LogP contribution in [0.1, 0.15) is 33.6 Å². The minimum atomic E-state index is -0.345. The number of ether oxygens (including phenoxy) is 1. The van der Waals surface area contributed by atoms with Crippen LogP contribution in [0.2, 0.25) is 0 Å². The average Bonchev–Trinajstić information content (AvgIpc) is 2.13. The van der Waals surface area contributed by atoms with Gasteiger partial charge in [0.15, 0.2) is 0 Å². The summed E-state index contributed by atoms with van der Waals surface area (Å²) in [6.45, 7) is 5.89. The van der Waals surface area contributed by atoms with E-state index in [2.05, 4.69) is 0 Å². The molecule has 0 radical (unpaired) electrons. The fourth-order valence-electron chi connectivity index (χ4n) is 1.19. The second-order valence-electron chi connectivity index (χ2n) is 2.79. The zero-order valence-electron chi connectivity index (χ0n) is 8.16. The lowest BCUT2D eigenvalue weighted by Gasteiger charge is -2.30. The third-order valence-electron chi connectivity index (χ3n) is 1.94. The van der Waals surface area contributed by atoms with Crippen molar-refractivity contribution in [2.24, 2.45) is 0 Å². The second kappa shape index (κ2) is 6.40. The molecule has 0 aromatic heterocycles. The molecule has 3 heteroatoms. The summed E-state index contributed by atoms with van der Waals surface area (Å²) in [6, 6.07) is 0. The van der Waals surface area contributed by atoms with Crippen molar-refractivity contribution in [2.75, 3.05) is 6.61 Å². The lowest BCUT2D eigenvalue weighted by Crippen LogP contribution is -2.38. The molecule has 0 aromatic carbocycles. The maximum Gasteiger partial charge on any atom is 0.0811 e. The SMILES string of the molecule is CC.CC1OC(CO)CCC1O. The van der Waals surface area contributed by atoms with Crippen molar-refractivity contribution in [1.29, 1.82) is 0 Å². The van der Waals surface area contributed by atoms with Gasteiger partial charge in [-0.25, -0.2) is 0 Å². The largest absolute Gasteiger partial charge is 0.394 e. The summed E-state index contributed by atoms with van der Waals surface area (Å²) in [5.74, 6) is 0. The number of rotatable bonds is 1. The van der Waals surface area contributed by atoms with E-state index in [-0.39, 0.29) is 24.9 Å². The molecule has 1 saturated heterocycles. The van der Waals surface area contributed by atoms with E-state index in [4.69, 9.17) is 9.84 Å². The molecule has 0 amide bonds. The van der Waals surface area contributed by atoms with Gasteiger partial charge in [-0.3, -0.25) is 0 Å². The number of hydrogen-bond acceptors (Lipinski definition) is 3. The molecular weight excluding hydrogens is 156 g/mol. The molecule has 2 N–H and O–H groups in total. The highest BCUT2D eigenvalue weighted by molar-refractivity contribution is 4.74. The zero-order chi connectivity index (χ0) is 9.56. The van der Waals surface area contributed by atoms with E-state index in [1.807, 2.05) is 20.8 Å². The molecule has 12 heavy (non-hydrogen) atoms. The Balaban J connectivity index is 0.000000561. The lowest BCUT2D eigenvalue weighted by atomic mass is 10.0. The van der Waals surface area contributed by atoms with Crippen LogP contribution in [0.3, 0.4) is 0 Å². The molecule has 0 bridgehead atoms. The van der Waals surface area contributed by atoms with Gasteiger partial charge in [0.2, 0.25) is 0 Å². The van der Waals surface area contributed by atoms with Crippen molar-refractivity contribution in [3.63, 3.8) is 0 Å². The molecule has 1 aliphatic rings. The molecule has 1 aliphatic heterocycles. The predicted molar refractivity (Wildman–Crippen MR) is 48.0 cm³/mol. The molecule has 3 nitrogen and oxygen atoms in total. The molecule has 0 aliphatic carbocycles. The van der Waals surface area contributed by atoms with Gasteiger partial charge < -0.3 is 14.9 Å². The highest BCUT2D eigenvalue weighted by atomic mass is 16.5. The molecule has 0 aromatic rings. The Hall–Kier alpha value is -0.120. The minimum absolute atomic E-state index is 0.0570. The van der Waals surface area contributed by atoms with Gasteiger partial charge in [-0.15, -0.1) is 0 Å². The third-order valence-corrected chi connectivity index (χ3v) is 1.94. The van der Waals surface area contributed by atoms with Crippen molar-refractivity contribution >= 4 is 0 Å². The van der Waals surface area contributed by atoms with Crippen LogP contribution in [0.25, 0.3) is 0 Å². The van der Waals surface area contributed by atoms with Crippen LogP contribution >= 0.6 is 0 Å². The van der Waals surface area contributed by atoms with Gasteiger partial charge in [0.1, 0.15) is 0 Å². The van der Waals surface area contributed by atoms with Crippen molar-refractivity contribution in [1.82, 2.24) is 0 Å². The molecule has 3 atom stereocenters. The predicted octanol–water partition coefficient (Wildman–Crippen LogP) is 0.933. The molecule has 1 heterocycles. The van der Waals surface area contributed by atoms with Crippen LogP contribution in [0, 0.1) is 0 Å². The first-order chi connectivity index (χ1) is 5.74. The first kappa shape index (κ1) is 11.9. The topological polar surface area (TPSA) is 49.7 Å². The standard InChI is InChI=1S/C7H14O3.C2H6/c1-5-7(9)3-2-6(4-8)10-5;1-2/h5-9H,2-4H2,1H3;1-2H3. The Bertz CT molecular complexity index is 106. The van der Waals surface area contributed by atoms with Crippen molar-refractivity contribution in [2.45, 2.75) is 51.9 Å². The smallest absolute Gasteiger partial charge is 0.0811 e. The fourth-order valence-corrected chi connectivity index (χ4v) is 1.19. The van der Waals surface area contributed by atoms with Crippen molar-refractivity contribution < 1.29 is 14.9 Å². The van der Waals surface area contributed by atoms with Gasteiger partial charge in [0.05, 0.1) is 24.9 Å². The monoisotopic (exact) mass is 176 g/mol. The lowest BCUT2D eigenvalue weighted by molar-refractivity contribution is -0.121. The Labute approximate surface area is 74.4 Å². The summed E-state index contributed by atoms with van der Waals surface area (Å²) in [7, 11) is 0. The summed E-state index contributed by atoms with van der Waals surface area (Å²) < 4.78 is 5.25. The highest BCUT2D eigenvalue weighted by Gasteiger charge is 2.25. The maximum atomic E-state index is 9.18. The van der Waals surface area contributed by atoms with Crippen LogP contribution in [-0.2, 0) is 4.74 Å². The summed E-state index contributed by atoms with van der Waals surface area (Å²) in [5, 5.41) is 17.9. The first-order valence-corrected chi connectivity index (χ1v) is 4.68. The van der Waals surface area contributed by atoms with Gasteiger partial charge in [-0.2, -0.15) is 0 Å². The van der Waals surface area contributed by atoms with Gasteiger partial charge in [-0.05, 0) is 19.8 Å². The Kier molecular flexibility index (Phi) is 6.34. The van der Waals surface area contributed by atoms with E-state index in [0.717, 1.165) is 12.8 Å². The first-order valence-electron chi connectivity index (χ1n) is 4.68. The van der Waals surface area contributed by atoms with Crippen molar-refractivity contribution in [3.05, 3.63) is 0 Å². The zero-order valence-corrected chi connectivity index (χ0v) is 8.16. The summed E-state index contributed by atoms with van der Waals surface area (Å²) >= 11 is 0. The van der Waals surface area contributed by atoms with Crippen LogP contribution in [0.15, 0.2) is 0 Å². The Morgan fingerprint density at radius 1 is 1.33 bits per heavy atom. The maximum absolute atomic E-state index is 9.18. The van der Waals surface area contributed by atoms with Gasteiger partial charge in [-0.1, -0.05) is 13.8 Å². The Morgan fingerprint density at radius 3 is 2.33 bits per heavy atom. The van der Waals surface area contributed by atoms with E-state index in [1.54, 1.807) is 0 Å². The molecule has 1 fully saturated rings. The quantitative estimate of drug-likeness (QED) is 0.625. The van der Waals surface area contributed by atoms with Crippen molar-refractivity contribution in [3.8, 4) is 0 Å². The fraction of sp³-hybridized carbons (Fsp3) is 1.00. The van der Waals surface area contributed by atoms with E-state index in [1.165, 1.54) is 0 Å². The third kappa shape index (κ3) is 3.52. The van der Waals surface area contributed by atoms with Crippen LogP contribution in [0.5, 0.6) is 0 Å². The van der Waals surface area contributed by atoms with Gasteiger partial charge in [0.25, 0.3) is 0 Å². The molecule has 3 unspecified atom stereocenters. The number of aliphatic hydroxyl groups excluding tert-OH is 2. The van der Waals surface area contributed by atoms with Gasteiger partial charge in [0, 0.05) is 0 Å². The van der Waals surface area contributed by atoms with E-state index in [0.29, 0.717) is 0 Å². The van der Waals surface area contributed by atoms with E-state index < -0.39 is 0 Å². The van der Waals surface area contributed by atoms with Gasteiger partial charge >= 0.3 is 0 Å². The molecule has 0 saturated carbocycles.